The van der Waals surface area contributed by atoms with E-state index in [0.29, 0.717) is 17.1 Å². The van der Waals surface area contributed by atoms with Crippen LogP contribution in [-0.4, -0.2) is 32.2 Å². The van der Waals surface area contributed by atoms with Crippen molar-refractivity contribution in [3.8, 4) is 11.5 Å². The van der Waals surface area contributed by atoms with Gasteiger partial charge in [0.2, 0.25) is 11.8 Å². The van der Waals surface area contributed by atoms with Gasteiger partial charge in [0.25, 0.3) is 0 Å². The molecule has 0 aromatic heterocycles. The Kier molecular flexibility index (Phi) is 7.30. The van der Waals surface area contributed by atoms with E-state index in [0.717, 1.165) is 0 Å². The maximum Gasteiger partial charge on any atom is 0.240 e. The van der Waals surface area contributed by atoms with Crippen LogP contribution in [0.25, 0.3) is 0 Å². The molecule has 8 heteroatoms. The number of carbonyl (C=O) groups is 2. The van der Waals surface area contributed by atoms with E-state index in [9.17, 15) is 14.0 Å². The van der Waals surface area contributed by atoms with Crippen LogP contribution in [0.3, 0.4) is 0 Å². The van der Waals surface area contributed by atoms with Gasteiger partial charge in [-0.1, -0.05) is 12.1 Å². The maximum atomic E-state index is 13.5. The molecular formula is C19H20FN3O4. The number of hydrazone groups is 1. The number of anilines is 1. The van der Waals surface area contributed by atoms with Crippen molar-refractivity contribution in [1.82, 2.24) is 5.43 Å². The third kappa shape index (κ3) is 6.10. The molecule has 142 valence electrons. The van der Waals surface area contributed by atoms with Gasteiger partial charge in [-0.2, -0.15) is 5.10 Å². The molecule has 2 N–H and O–H groups in total. The van der Waals surface area contributed by atoms with Gasteiger partial charge in [-0.25, -0.2) is 9.82 Å². The van der Waals surface area contributed by atoms with Gasteiger partial charge in [-0.05, 0) is 30.3 Å². The summed E-state index contributed by atoms with van der Waals surface area (Å²) < 4.78 is 23.8. The zero-order valence-electron chi connectivity index (χ0n) is 15.0. The molecule has 0 aliphatic rings. The van der Waals surface area contributed by atoms with Crippen molar-refractivity contribution in [2.45, 2.75) is 12.8 Å². The molecule has 2 aromatic carbocycles. The number of nitrogens with one attached hydrogen (secondary N) is 2. The molecule has 7 nitrogen and oxygen atoms in total. The first kappa shape index (κ1) is 19.9. The quantitative estimate of drug-likeness (QED) is 0.550. The van der Waals surface area contributed by atoms with Gasteiger partial charge in [-0.3, -0.25) is 9.59 Å². The first-order chi connectivity index (χ1) is 13.0. The summed E-state index contributed by atoms with van der Waals surface area (Å²) in [7, 11) is 3.06. The smallest absolute Gasteiger partial charge is 0.240 e. The number of para-hydroxylation sites is 1. The van der Waals surface area contributed by atoms with E-state index in [2.05, 4.69) is 15.8 Å². The van der Waals surface area contributed by atoms with Gasteiger partial charge >= 0.3 is 0 Å². The highest BCUT2D eigenvalue weighted by Crippen LogP contribution is 2.22. The molecule has 0 heterocycles. The lowest BCUT2D eigenvalue weighted by atomic mass is 10.2. The molecule has 0 spiro atoms. The fraction of sp³-hybridized carbons (Fsp3) is 0.211. The number of ether oxygens (including phenoxy) is 2. The fourth-order valence-corrected chi connectivity index (χ4v) is 2.17. The molecule has 0 atom stereocenters. The third-order valence-electron chi connectivity index (χ3n) is 3.56. The van der Waals surface area contributed by atoms with E-state index in [1.165, 1.54) is 38.6 Å². The Morgan fingerprint density at radius 1 is 1.07 bits per heavy atom. The summed E-state index contributed by atoms with van der Waals surface area (Å²) in [4.78, 5) is 23.6. The molecule has 0 aliphatic heterocycles. The highest BCUT2D eigenvalue weighted by atomic mass is 19.1. The van der Waals surface area contributed by atoms with Gasteiger partial charge in [0.05, 0.1) is 26.1 Å². The number of hydrogen-bond acceptors (Lipinski definition) is 5. The molecular weight excluding hydrogens is 353 g/mol. The molecule has 0 fully saturated rings. The first-order valence-electron chi connectivity index (χ1n) is 8.11. The topological polar surface area (TPSA) is 89.0 Å². The standard InChI is InChI=1S/C19H20FN3O4/c1-26-14-7-8-17(27-2)13(11-14)12-21-23-19(25)10-9-18(24)22-16-6-4-3-5-15(16)20/h3-8,11-12H,9-10H2,1-2H3,(H,22,24)(H,23,25). The Balaban J connectivity index is 1.83. The number of nitrogens with zero attached hydrogens (tertiary/aromatic N) is 1. The van der Waals surface area contributed by atoms with Crippen molar-refractivity contribution in [1.29, 1.82) is 0 Å². The molecule has 2 aromatic rings. The van der Waals surface area contributed by atoms with E-state index in [4.69, 9.17) is 9.47 Å². The zero-order valence-corrected chi connectivity index (χ0v) is 15.0. The second kappa shape index (κ2) is 9.91. The minimum atomic E-state index is -0.535. The van der Waals surface area contributed by atoms with Crippen molar-refractivity contribution in [3.63, 3.8) is 0 Å². The van der Waals surface area contributed by atoms with Crippen LogP contribution in [0, 0.1) is 5.82 Å². The van der Waals surface area contributed by atoms with Crippen LogP contribution in [0.4, 0.5) is 10.1 Å². The summed E-state index contributed by atoms with van der Waals surface area (Å²) in [5, 5.41) is 6.26. The molecule has 0 radical (unpaired) electrons. The SMILES string of the molecule is COc1ccc(OC)c(C=NNC(=O)CCC(=O)Nc2ccccc2F)c1. The van der Waals surface area contributed by atoms with Crippen LogP contribution in [0.15, 0.2) is 47.6 Å². The second-order valence-electron chi connectivity index (χ2n) is 5.43. The summed E-state index contributed by atoms with van der Waals surface area (Å²) in [5.74, 6) is -0.260. The normalized spacial score (nSPS) is 10.5. The van der Waals surface area contributed by atoms with Crippen molar-refractivity contribution < 1.29 is 23.5 Å². The van der Waals surface area contributed by atoms with Gasteiger partial charge in [-0.15, -0.1) is 0 Å². The maximum absolute atomic E-state index is 13.5. The predicted molar refractivity (Wildman–Crippen MR) is 99.5 cm³/mol. The highest BCUT2D eigenvalue weighted by Gasteiger charge is 2.09. The van der Waals surface area contributed by atoms with E-state index in [-0.39, 0.29) is 18.5 Å². The van der Waals surface area contributed by atoms with Crippen LogP contribution in [0.2, 0.25) is 0 Å². The van der Waals surface area contributed by atoms with Crippen LogP contribution in [0.1, 0.15) is 18.4 Å². The number of carbonyl (C=O) groups excluding carboxylic acids is 2. The summed E-state index contributed by atoms with van der Waals surface area (Å²) in [6.07, 6.45) is 1.23. The van der Waals surface area contributed by atoms with Crippen LogP contribution < -0.4 is 20.2 Å². The Hall–Kier alpha value is -3.42. The van der Waals surface area contributed by atoms with E-state index in [1.807, 2.05) is 0 Å². The average molecular weight is 373 g/mol. The lowest BCUT2D eigenvalue weighted by molar-refractivity contribution is -0.124. The van der Waals surface area contributed by atoms with Crippen molar-refractivity contribution in [2.75, 3.05) is 19.5 Å². The summed E-state index contributed by atoms with van der Waals surface area (Å²) in [5.41, 5.74) is 3.03. The van der Waals surface area contributed by atoms with Crippen LogP contribution in [0.5, 0.6) is 11.5 Å². The molecule has 0 saturated carbocycles. The minimum absolute atomic E-state index is 0.0750. The van der Waals surface area contributed by atoms with Crippen LogP contribution >= 0.6 is 0 Å². The Labute approximate surface area is 156 Å². The Morgan fingerprint density at radius 2 is 1.81 bits per heavy atom. The number of methoxy groups -OCH3 is 2. The lowest BCUT2D eigenvalue weighted by Crippen LogP contribution is -2.21. The Morgan fingerprint density at radius 3 is 2.52 bits per heavy atom. The van der Waals surface area contributed by atoms with E-state index >= 15 is 0 Å². The van der Waals surface area contributed by atoms with Crippen molar-refractivity contribution >= 4 is 23.7 Å². The third-order valence-corrected chi connectivity index (χ3v) is 3.56. The number of amides is 2. The number of hydrogen-bond donors (Lipinski definition) is 2. The minimum Gasteiger partial charge on any atom is -0.497 e. The summed E-state index contributed by atoms with van der Waals surface area (Å²) in [6, 6.07) is 11.0. The Bertz CT molecular complexity index is 839. The average Bonchev–Trinajstić information content (AvgIpc) is 2.68. The monoisotopic (exact) mass is 373 g/mol. The molecule has 0 saturated heterocycles. The van der Waals surface area contributed by atoms with Gasteiger partial charge in [0.1, 0.15) is 17.3 Å². The zero-order chi connectivity index (χ0) is 19.6. The number of rotatable bonds is 8. The van der Waals surface area contributed by atoms with Gasteiger partial charge < -0.3 is 14.8 Å². The molecule has 0 bridgehead atoms. The lowest BCUT2D eigenvalue weighted by Gasteiger charge is -2.07. The van der Waals surface area contributed by atoms with E-state index in [1.54, 1.807) is 24.3 Å². The van der Waals surface area contributed by atoms with Gasteiger partial charge in [0.15, 0.2) is 0 Å². The fourth-order valence-electron chi connectivity index (χ4n) is 2.17. The number of halogens is 1. The number of benzene rings is 2. The molecule has 2 amide bonds. The van der Waals surface area contributed by atoms with E-state index < -0.39 is 17.6 Å². The highest BCUT2D eigenvalue weighted by molar-refractivity contribution is 5.93. The predicted octanol–water partition coefficient (Wildman–Crippen LogP) is 2.71. The molecule has 2 rings (SSSR count). The summed E-state index contributed by atoms with van der Waals surface area (Å²) in [6.45, 7) is 0. The molecule has 0 unspecified atom stereocenters. The first-order valence-corrected chi connectivity index (χ1v) is 8.11. The summed E-state index contributed by atoms with van der Waals surface area (Å²) >= 11 is 0. The van der Waals surface area contributed by atoms with Crippen LogP contribution in [-0.2, 0) is 9.59 Å². The van der Waals surface area contributed by atoms with Crippen molar-refractivity contribution in [2.24, 2.45) is 5.10 Å². The largest absolute Gasteiger partial charge is 0.497 e. The molecule has 0 aliphatic carbocycles. The second-order valence-corrected chi connectivity index (χ2v) is 5.43. The van der Waals surface area contributed by atoms with Crippen molar-refractivity contribution in [3.05, 3.63) is 53.8 Å². The van der Waals surface area contributed by atoms with Gasteiger partial charge in [0, 0.05) is 18.4 Å². The molecule has 27 heavy (non-hydrogen) atoms.